The highest BCUT2D eigenvalue weighted by atomic mass is 16.5. The summed E-state index contributed by atoms with van der Waals surface area (Å²) in [7, 11) is 0. The van der Waals surface area contributed by atoms with Crippen LogP contribution in [0.3, 0.4) is 0 Å². The standard InChI is InChI=1S/C13H12N2O5/c16-10-13(19,11(17)15-12(18)14-10)7-4-8-20-9-5-2-1-3-6-9/h1-6,8,19H,7H2,(H2,14,15,16,17,18)/b8-4+. The van der Waals surface area contributed by atoms with Crippen LogP contribution >= 0.6 is 0 Å². The summed E-state index contributed by atoms with van der Waals surface area (Å²) in [6, 6.07) is 7.88. The molecule has 3 N–H and O–H groups in total. The normalized spacial score (nSPS) is 17.8. The number of hydrogen-bond donors (Lipinski definition) is 3. The maximum atomic E-state index is 11.5. The number of rotatable bonds is 4. The van der Waals surface area contributed by atoms with Gasteiger partial charge in [-0.1, -0.05) is 18.2 Å². The second-order valence-electron chi connectivity index (χ2n) is 4.10. The number of hydrogen-bond acceptors (Lipinski definition) is 5. The minimum atomic E-state index is -2.32. The molecule has 0 radical (unpaired) electrons. The molecule has 1 aromatic rings. The molecular formula is C13H12N2O5. The Bertz CT molecular complexity index is 547. The third-order valence-corrected chi connectivity index (χ3v) is 2.66. The SMILES string of the molecule is O=C1NC(=O)C(O)(C/C=C/Oc2ccccc2)C(=O)N1. The van der Waals surface area contributed by atoms with Gasteiger partial charge in [0.05, 0.1) is 6.26 Å². The first kappa shape index (κ1) is 13.8. The third kappa shape index (κ3) is 2.83. The lowest BCUT2D eigenvalue weighted by molar-refractivity contribution is -0.154. The van der Waals surface area contributed by atoms with Gasteiger partial charge in [-0.15, -0.1) is 0 Å². The van der Waals surface area contributed by atoms with Gasteiger partial charge in [0.1, 0.15) is 5.75 Å². The van der Waals surface area contributed by atoms with Crippen LogP contribution in [0.2, 0.25) is 0 Å². The fourth-order valence-electron chi connectivity index (χ4n) is 1.58. The molecule has 0 saturated carbocycles. The van der Waals surface area contributed by atoms with Gasteiger partial charge < -0.3 is 9.84 Å². The van der Waals surface area contributed by atoms with Gasteiger partial charge in [0.25, 0.3) is 11.8 Å². The third-order valence-electron chi connectivity index (χ3n) is 2.66. The summed E-state index contributed by atoms with van der Waals surface area (Å²) in [5.41, 5.74) is -2.32. The van der Waals surface area contributed by atoms with E-state index in [1.54, 1.807) is 24.3 Å². The molecule has 1 heterocycles. The van der Waals surface area contributed by atoms with Crippen molar-refractivity contribution in [3.8, 4) is 5.75 Å². The first-order valence-corrected chi connectivity index (χ1v) is 5.78. The van der Waals surface area contributed by atoms with Gasteiger partial charge in [0.15, 0.2) is 0 Å². The number of barbiturate groups is 1. The van der Waals surface area contributed by atoms with Gasteiger partial charge in [0.2, 0.25) is 5.60 Å². The van der Waals surface area contributed by atoms with E-state index in [1.807, 2.05) is 16.7 Å². The van der Waals surface area contributed by atoms with Crippen LogP contribution in [0.15, 0.2) is 42.7 Å². The minimum Gasteiger partial charge on any atom is -0.465 e. The van der Waals surface area contributed by atoms with E-state index >= 15 is 0 Å². The molecule has 104 valence electrons. The number of urea groups is 1. The van der Waals surface area contributed by atoms with Crippen LogP contribution < -0.4 is 15.4 Å². The molecule has 7 nitrogen and oxygen atoms in total. The van der Waals surface area contributed by atoms with E-state index in [-0.39, 0.29) is 6.42 Å². The lowest BCUT2D eigenvalue weighted by atomic mass is 9.96. The van der Waals surface area contributed by atoms with Crippen molar-refractivity contribution < 1.29 is 24.2 Å². The molecule has 0 bridgehead atoms. The molecule has 0 unspecified atom stereocenters. The molecule has 0 atom stereocenters. The Hall–Kier alpha value is -2.67. The first-order valence-electron chi connectivity index (χ1n) is 5.78. The zero-order chi connectivity index (χ0) is 14.6. The molecule has 1 saturated heterocycles. The van der Waals surface area contributed by atoms with Crippen molar-refractivity contribution in [3.05, 3.63) is 42.7 Å². The summed E-state index contributed by atoms with van der Waals surface area (Å²) in [6.45, 7) is 0. The number of carbonyl (C=O) groups excluding carboxylic acids is 3. The van der Waals surface area contributed by atoms with Crippen LogP contribution in [0.4, 0.5) is 4.79 Å². The molecule has 7 heteroatoms. The number of amides is 4. The van der Waals surface area contributed by atoms with Gasteiger partial charge in [-0.2, -0.15) is 0 Å². The van der Waals surface area contributed by atoms with Crippen molar-refractivity contribution in [2.75, 3.05) is 0 Å². The monoisotopic (exact) mass is 276 g/mol. The fourth-order valence-corrected chi connectivity index (χ4v) is 1.58. The Balaban J connectivity index is 1.97. The highest BCUT2D eigenvalue weighted by Gasteiger charge is 2.47. The fraction of sp³-hybridized carbons (Fsp3) is 0.154. The summed E-state index contributed by atoms with van der Waals surface area (Å²) in [5, 5.41) is 13.6. The lowest BCUT2D eigenvalue weighted by Gasteiger charge is -2.27. The molecule has 4 amide bonds. The largest absolute Gasteiger partial charge is 0.465 e. The number of aliphatic hydroxyl groups is 1. The van der Waals surface area contributed by atoms with Crippen LogP contribution in [-0.4, -0.2) is 28.6 Å². The zero-order valence-corrected chi connectivity index (χ0v) is 10.3. The van der Waals surface area contributed by atoms with E-state index < -0.39 is 23.4 Å². The highest BCUT2D eigenvalue weighted by Crippen LogP contribution is 2.15. The number of carbonyl (C=O) groups is 3. The topological polar surface area (TPSA) is 105 Å². The average molecular weight is 276 g/mol. The number of benzene rings is 1. The van der Waals surface area contributed by atoms with Crippen molar-refractivity contribution in [1.29, 1.82) is 0 Å². The van der Waals surface area contributed by atoms with Crippen molar-refractivity contribution in [2.24, 2.45) is 0 Å². The highest BCUT2D eigenvalue weighted by molar-refractivity contribution is 6.21. The maximum absolute atomic E-state index is 11.5. The molecular weight excluding hydrogens is 264 g/mol. The predicted octanol–water partition coefficient (Wildman–Crippen LogP) is 0.0663. The Morgan fingerprint density at radius 3 is 2.30 bits per heavy atom. The van der Waals surface area contributed by atoms with Gasteiger partial charge in [0, 0.05) is 6.42 Å². The van der Waals surface area contributed by atoms with Gasteiger partial charge in [-0.25, -0.2) is 4.79 Å². The average Bonchev–Trinajstić information content (AvgIpc) is 2.42. The number of para-hydroxylation sites is 1. The van der Waals surface area contributed by atoms with E-state index in [2.05, 4.69) is 0 Å². The summed E-state index contributed by atoms with van der Waals surface area (Å²) in [5.74, 6) is -1.55. The minimum absolute atomic E-state index is 0.315. The molecule has 0 aliphatic carbocycles. The smallest absolute Gasteiger partial charge is 0.328 e. The van der Waals surface area contributed by atoms with Gasteiger partial charge >= 0.3 is 6.03 Å². The molecule has 1 aromatic carbocycles. The predicted molar refractivity (Wildman–Crippen MR) is 67.5 cm³/mol. The van der Waals surface area contributed by atoms with Crippen LogP contribution in [-0.2, 0) is 9.59 Å². The van der Waals surface area contributed by atoms with Crippen molar-refractivity contribution >= 4 is 17.8 Å². The van der Waals surface area contributed by atoms with Crippen LogP contribution in [0, 0.1) is 0 Å². The van der Waals surface area contributed by atoms with E-state index in [0.717, 1.165) is 0 Å². The second kappa shape index (κ2) is 5.54. The van der Waals surface area contributed by atoms with Crippen molar-refractivity contribution in [1.82, 2.24) is 10.6 Å². The summed E-state index contributed by atoms with van der Waals surface area (Å²) >= 11 is 0. The summed E-state index contributed by atoms with van der Waals surface area (Å²) < 4.78 is 5.21. The van der Waals surface area contributed by atoms with Gasteiger partial charge in [-0.05, 0) is 18.2 Å². The number of imide groups is 2. The Kier molecular flexibility index (Phi) is 3.81. The van der Waals surface area contributed by atoms with E-state index in [0.29, 0.717) is 5.75 Å². The molecule has 0 spiro atoms. The van der Waals surface area contributed by atoms with E-state index in [1.165, 1.54) is 12.3 Å². The zero-order valence-electron chi connectivity index (χ0n) is 10.3. The quantitative estimate of drug-likeness (QED) is 0.533. The van der Waals surface area contributed by atoms with Crippen molar-refractivity contribution in [3.63, 3.8) is 0 Å². The molecule has 20 heavy (non-hydrogen) atoms. The molecule has 1 aliphatic rings. The van der Waals surface area contributed by atoms with E-state index in [4.69, 9.17) is 4.74 Å². The summed E-state index contributed by atoms with van der Waals surface area (Å²) in [4.78, 5) is 33.8. The van der Waals surface area contributed by atoms with E-state index in [9.17, 15) is 19.5 Å². The van der Waals surface area contributed by atoms with Crippen LogP contribution in [0.1, 0.15) is 6.42 Å². The van der Waals surface area contributed by atoms with Crippen molar-refractivity contribution in [2.45, 2.75) is 12.0 Å². The lowest BCUT2D eigenvalue weighted by Crippen LogP contribution is -2.66. The van der Waals surface area contributed by atoms with Crippen LogP contribution in [0.25, 0.3) is 0 Å². The Labute approximate surface area is 114 Å². The molecule has 2 rings (SSSR count). The van der Waals surface area contributed by atoms with Crippen LogP contribution in [0.5, 0.6) is 5.75 Å². The molecule has 1 fully saturated rings. The second-order valence-corrected chi connectivity index (χ2v) is 4.10. The first-order chi connectivity index (χ1) is 9.52. The number of ether oxygens (including phenoxy) is 1. The Morgan fingerprint density at radius 2 is 1.70 bits per heavy atom. The molecule has 1 aliphatic heterocycles. The Morgan fingerprint density at radius 1 is 1.10 bits per heavy atom. The van der Waals surface area contributed by atoms with Gasteiger partial charge in [-0.3, -0.25) is 20.2 Å². The summed E-state index contributed by atoms with van der Waals surface area (Å²) in [6.07, 6.45) is 2.26. The molecule has 0 aromatic heterocycles. The maximum Gasteiger partial charge on any atom is 0.328 e. The number of nitrogens with one attached hydrogen (secondary N) is 2.